The number of rotatable bonds is 6. The van der Waals surface area contributed by atoms with Crippen LogP contribution >= 0.6 is 0 Å². The molecule has 2 aliphatic rings. The predicted octanol–water partition coefficient (Wildman–Crippen LogP) is 4.86. The minimum atomic E-state index is 0.663. The summed E-state index contributed by atoms with van der Waals surface area (Å²) < 4.78 is 5.71. The van der Waals surface area contributed by atoms with Gasteiger partial charge in [-0.25, -0.2) is 0 Å². The lowest BCUT2D eigenvalue weighted by molar-refractivity contribution is 0.302. The first-order valence-electron chi connectivity index (χ1n) is 8.34. The number of anilines is 1. The monoisotopic (exact) mass is 273 g/mol. The Balaban J connectivity index is 1.56. The van der Waals surface area contributed by atoms with Gasteiger partial charge in [0.05, 0.1) is 6.61 Å². The van der Waals surface area contributed by atoms with Gasteiger partial charge in [-0.2, -0.15) is 0 Å². The highest BCUT2D eigenvalue weighted by atomic mass is 16.5. The molecule has 0 radical (unpaired) electrons. The van der Waals surface area contributed by atoms with Crippen molar-refractivity contribution in [2.45, 2.75) is 57.9 Å². The van der Waals surface area contributed by atoms with Gasteiger partial charge in [-0.1, -0.05) is 25.8 Å². The molecule has 0 bridgehead atoms. The number of nitrogens with one attached hydrogen (secondary N) is 1. The number of hydrogen-bond acceptors (Lipinski definition) is 2. The molecule has 0 saturated heterocycles. The van der Waals surface area contributed by atoms with Crippen LogP contribution in [0.1, 0.15) is 51.9 Å². The summed E-state index contributed by atoms with van der Waals surface area (Å²) in [5, 5.41) is 3.73. The maximum Gasteiger partial charge on any atom is 0.121 e. The molecule has 2 fully saturated rings. The SMILES string of the molecule is CCCOc1cccc(NC2CCCC(C3CC3)C2)c1. The minimum Gasteiger partial charge on any atom is -0.494 e. The molecule has 2 aliphatic carbocycles. The molecular formula is C18H27NO. The zero-order valence-corrected chi connectivity index (χ0v) is 12.6. The molecule has 1 aromatic carbocycles. The van der Waals surface area contributed by atoms with Crippen molar-refractivity contribution in [1.82, 2.24) is 0 Å². The largest absolute Gasteiger partial charge is 0.494 e. The lowest BCUT2D eigenvalue weighted by Crippen LogP contribution is -2.28. The van der Waals surface area contributed by atoms with Crippen LogP contribution in [0.25, 0.3) is 0 Å². The van der Waals surface area contributed by atoms with Crippen molar-refractivity contribution < 1.29 is 4.74 Å². The molecule has 3 rings (SSSR count). The average molecular weight is 273 g/mol. The normalized spacial score (nSPS) is 26.2. The molecule has 20 heavy (non-hydrogen) atoms. The molecule has 110 valence electrons. The van der Waals surface area contributed by atoms with Crippen molar-refractivity contribution in [3.63, 3.8) is 0 Å². The Morgan fingerprint density at radius 1 is 1.15 bits per heavy atom. The fraction of sp³-hybridized carbons (Fsp3) is 0.667. The Kier molecular flexibility index (Phi) is 4.49. The van der Waals surface area contributed by atoms with Crippen LogP contribution in [-0.2, 0) is 0 Å². The summed E-state index contributed by atoms with van der Waals surface area (Å²) in [6.45, 7) is 2.94. The third kappa shape index (κ3) is 3.68. The summed E-state index contributed by atoms with van der Waals surface area (Å²) in [6.07, 6.45) is 9.57. The van der Waals surface area contributed by atoms with Crippen LogP contribution in [0.2, 0.25) is 0 Å². The van der Waals surface area contributed by atoms with Crippen LogP contribution in [-0.4, -0.2) is 12.6 Å². The molecule has 2 nitrogen and oxygen atoms in total. The highest BCUT2D eigenvalue weighted by molar-refractivity contribution is 5.48. The molecule has 2 saturated carbocycles. The molecule has 0 amide bonds. The van der Waals surface area contributed by atoms with Gasteiger partial charge in [0.1, 0.15) is 5.75 Å². The molecule has 1 N–H and O–H groups in total. The van der Waals surface area contributed by atoms with Gasteiger partial charge in [0, 0.05) is 17.8 Å². The van der Waals surface area contributed by atoms with E-state index in [2.05, 4.69) is 36.5 Å². The molecule has 2 unspecified atom stereocenters. The van der Waals surface area contributed by atoms with Crippen molar-refractivity contribution in [2.75, 3.05) is 11.9 Å². The van der Waals surface area contributed by atoms with E-state index in [0.29, 0.717) is 6.04 Å². The van der Waals surface area contributed by atoms with Gasteiger partial charge in [0.25, 0.3) is 0 Å². The topological polar surface area (TPSA) is 21.3 Å². The Morgan fingerprint density at radius 3 is 2.85 bits per heavy atom. The van der Waals surface area contributed by atoms with E-state index in [1.807, 2.05) is 0 Å². The fourth-order valence-corrected chi connectivity index (χ4v) is 3.49. The van der Waals surface area contributed by atoms with Gasteiger partial charge in [0.2, 0.25) is 0 Å². The maximum absolute atomic E-state index is 5.71. The third-order valence-corrected chi connectivity index (χ3v) is 4.68. The molecule has 0 aliphatic heterocycles. The van der Waals surface area contributed by atoms with E-state index in [9.17, 15) is 0 Å². The summed E-state index contributed by atoms with van der Waals surface area (Å²) in [5.74, 6) is 3.03. The standard InChI is InChI=1S/C18H27NO/c1-2-11-20-18-8-4-7-17(13-18)19-16-6-3-5-15(12-16)14-9-10-14/h4,7-8,13-16,19H,2-3,5-6,9-12H2,1H3. The molecule has 0 aromatic heterocycles. The Hall–Kier alpha value is -1.18. The second-order valence-corrected chi connectivity index (χ2v) is 6.48. The van der Waals surface area contributed by atoms with Crippen LogP contribution in [0.3, 0.4) is 0 Å². The summed E-state index contributed by atoms with van der Waals surface area (Å²) in [7, 11) is 0. The summed E-state index contributed by atoms with van der Waals surface area (Å²) in [6, 6.07) is 9.12. The van der Waals surface area contributed by atoms with E-state index in [1.165, 1.54) is 44.2 Å². The average Bonchev–Trinajstić information content (AvgIpc) is 3.30. The minimum absolute atomic E-state index is 0.663. The van der Waals surface area contributed by atoms with Crippen molar-refractivity contribution in [1.29, 1.82) is 0 Å². The number of hydrogen-bond donors (Lipinski definition) is 1. The summed E-state index contributed by atoms with van der Waals surface area (Å²) >= 11 is 0. The Bertz CT molecular complexity index is 427. The van der Waals surface area contributed by atoms with Crippen molar-refractivity contribution in [3.8, 4) is 5.75 Å². The van der Waals surface area contributed by atoms with Gasteiger partial charge < -0.3 is 10.1 Å². The lowest BCUT2D eigenvalue weighted by Gasteiger charge is -2.30. The highest BCUT2D eigenvalue weighted by Gasteiger charge is 2.34. The third-order valence-electron chi connectivity index (χ3n) is 4.68. The van der Waals surface area contributed by atoms with E-state index in [1.54, 1.807) is 0 Å². The van der Waals surface area contributed by atoms with E-state index in [0.717, 1.165) is 30.6 Å². The molecule has 1 aromatic rings. The zero-order chi connectivity index (χ0) is 13.8. The van der Waals surface area contributed by atoms with Crippen LogP contribution in [0.15, 0.2) is 24.3 Å². The zero-order valence-electron chi connectivity index (χ0n) is 12.6. The van der Waals surface area contributed by atoms with E-state index < -0.39 is 0 Å². The second-order valence-electron chi connectivity index (χ2n) is 6.48. The first-order valence-corrected chi connectivity index (χ1v) is 8.34. The van der Waals surface area contributed by atoms with Gasteiger partial charge in [-0.3, -0.25) is 0 Å². The molecular weight excluding hydrogens is 246 g/mol. The smallest absolute Gasteiger partial charge is 0.121 e. The molecule has 0 heterocycles. The van der Waals surface area contributed by atoms with E-state index in [4.69, 9.17) is 4.74 Å². The van der Waals surface area contributed by atoms with Crippen molar-refractivity contribution in [2.24, 2.45) is 11.8 Å². The van der Waals surface area contributed by atoms with Crippen LogP contribution < -0.4 is 10.1 Å². The second kappa shape index (κ2) is 6.51. The van der Waals surface area contributed by atoms with E-state index >= 15 is 0 Å². The van der Waals surface area contributed by atoms with Gasteiger partial charge >= 0.3 is 0 Å². The van der Waals surface area contributed by atoms with Crippen LogP contribution in [0.5, 0.6) is 5.75 Å². The van der Waals surface area contributed by atoms with E-state index in [-0.39, 0.29) is 0 Å². The van der Waals surface area contributed by atoms with Gasteiger partial charge in [-0.15, -0.1) is 0 Å². The van der Waals surface area contributed by atoms with Crippen molar-refractivity contribution >= 4 is 5.69 Å². The Morgan fingerprint density at radius 2 is 2.05 bits per heavy atom. The lowest BCUT2D eigenvalue weighted by atomic mass is 9.82. The summed E-state index contributed by atoms with van der Waals surface area (Å²) in [5.41, 5.74) is 1.22. The van der Waals surface area contributed by atoms with Crippen LogP contribution in [0.4, 0.5) is 5.69 Å². The Labute approximate surface area is 122 Å². The number of ether oxygens (including phenoxy) is 1. The van der Waals surface area contributed by atoms with Crippen molar-refractivity contribution in [3.05, 3.63) is 24.3 Å². The molecule has 2 heteroatoms. The first kappa shape index (κ1) is 13.8. The maximum atomic E-state index is 5.71. The molecule has 2 atom stereocenters. The predicted molar refractivity (Wildman–Crippen MR) is 84.3 cm³/mol. The fourth-order valence-electron chi connectivity index (χ4n) is 3.49. The van der Waals surface area contributed by atoms with Gasteiger partial charge in [0.15, 0.2) is 0 Å². The molecule has 0 spiro atoms. The van der Waals surface area contributed by atoms with Gasteiger partial charge in [-0.05, 0) is 56.1 Å². The first-order chi connectivity index (χ1) is 9.85. The highest BCUT2D eigenvalue weighted by Crippen LogP contribution is 2.44. The quantitative estimate of drug-likeness (QED) is 0.799. The van der Waals surface area contributed by atoms with Crippen LogP contribution in [0, 0.1) is 11.8 Å². The summed E-state index contributed by atoms with van der Waals surface area (Å²) in [4.78, 5) is 0. The number of benzene rings is 1.